The maximum atomic E-state index is 4.12. The van der Waals surface area contributed by atoms with E-state index in [1.54, 1.807) is 11.1 Å². The van der Waals surface area contributed by atoms with Crippen LogP contribution in [0.1, 0.15) is 56.1 Å². The predicted molar refractivity (Wildman–Crippen MR) is 84.7 cm³/mol. The molecule has 0 aliphatic heterocycles. The third-order valence-corrected chi connectivity index (χ3v) is 7.00. The van der Waals surface area contributed by atoms with Crippen molar-refractivity contribution in [3.63, 3.8) is 0 Å². The molecule has 0 spiro atoms. The maximum absolute atomic E-state index is 4.12. The molecule has 1 aromatic rings. The minimum atomic E-state index is 0.551. The Kier molecular flexibility index (Phi) is 2.84. The second kappa shape index (κ2) is 4.48. The van der Waals surface area contributed by atoms with Crippen molar-refractivity contribution in [2.75, 3.05) is 0 Å². The Labute approximate surface area is 123 Å². The average Bonchev–Trinajstić information content (AvgIpc) is 2.83. The van der Waals surface area contributed by atoms with Gasteiger partial charge in [0.2, 0.25) is 0 Å². The second-order valence-corrected chi connectivity index (χ2v) is 7.58. The molecule has 0 nitrogen and oxygen atoms in total. The van der Waals surface area contributed by atoms with E-state index in [0.717, 1.165) is 23.7 Å². The molecule has 3 aliphatic rings. The molecule has 106 valence electrons. The molecular formula is C20H26. The van der Waals surface area contributed by atoms with E-state index in [0.29, 0.717) is 5.41 Å². The zero-order chi connectivity index (χ0) is 13.7. The molecule has 0 radical (unpaired) electrons. The molecule has 5 unspecified atom stereocenters. The Morgan fingerprint density at radius 2 is 2.00 bits per heavy atom. The van der Waals surface area contributed by atoms with Crippen LogP contribution in [-0.4, -0.2) is 0 Å². The monoisotopic (exact) mass is 266 g/mol. The van der Waals surface area contributed by atoms with Gasteiger partial charge in [-0.1, -0.05) is 37.3 Å². The topological polar surface area (TPSA) is 0 Å². The lowest BCUT2D eigenvalue weighted by molar-refractivity contribution is 0.0411. The largest absolute Gasteiger partial charge is 0.103 e. The highest BCUT2D eigenvalue weighted by Crippen LogP contribution is 2.63. The van der Waals surface area contributed by atoms with Gasteiger partial charge >= 0.3 is 0 Å². The van der Waals surface area contributed by atoms with E-state index >= 15 is 0 Å². The molecule has 0 heteroatoms. The third-order valence-electron chi connectivity index (χ3n) is 7.00. The molecule has 4 rings (SSSR count). The van der Waals surface area contributed by atoms with Crippen molar-refractivity contribution in [2.45, 2.75) is 51.4 Å². The maximum Gasteiger partial charge on any atom is -0.0128 e. The van der Waals surface area contributed by atoms with Crippen molar-refractivity contribution >= 4 is 0 Å². The molecule has 20 heavy (non-hydrogen) atoms. The van der Waals surface area contributed by atoms with Crippen molar-refractivity contribution < 1.29 is 0 Å². The van der Waals surface area contributed by atoms with Gasteiger partial charge in [-0.3, -0.25) is 0 Å². The van der Waals surface area contributed by atoms with E-state index in [2.05, 4.69) is 43.8 Å². The number of hydrogen-bond donors (Lipinski definition) is 0. The molecule has 0 saturated heterocycles. The molecular weight excluding hydrogens is 240 g/mol. The van der Waals surface area contributed by atoms with Gasteiger partial charge in [-0.15, -0.1) is 6.58 Å². The fourth-order valence-electron chi connectivity index (χ4n) is 5.95. The Hall–Kier alpha value is -1.04. The molecule has 0 N–H and O–H groups in total. The molecule has 0 bridgehead atoms. The van der Waals surface area contributed by atoms with Crippen molar-refractivity contribution in [2.24, 2.45) is 23.2 Å². The molecule has 2 fully saturated rings. The summed E-state index contributed by atoms with van der Waals surface area (Å²) in [7, 11) is 0. The van der Waals surface area contributed by atoms with Crippen molar-refractivity contribution in [1.29, 1.82) is 0 Å². The SMILES string of the molecule is C=CC1CCC2C3CCc4ccccc4C3CCC12C. The van der Waals surface area contributed by atoms with Crippen molar-refractivity contribution in [3.8, 4) is 0 Å². The Balaban J connectivity index is 1.70. The van der Waals surface area contributed by atoms with Gasteiger partial charge < -0.3 is 0 Å². The van der Waals surface area contributed by atoms with E-state index in [1.165, 1.54) is 38.5 Å². The Morgan fingerprint density at radius 3 is 2.85 bits per heavy atom. The van der Waals surface area contributed by atoms with Crippen LogP contribution in [0.2, 0.25) is 0 Å². The predicted octanol–water partition coefficient (Wildman–Crippen LogP) is 5.34. The van der Waals surface area contributed by atoms with Crippen LogP contribution in [0.4, 0.5) is 0 Å². The fraction of sp³-hybridized carbons (Fsp3) is 0.600. The van der Waals surface area contributed by atoms with Crippen LogP contribution in [0.5, 0.6) is 0 Å². The molecule has 3 aliphatic carbocycles. The summed E-state index contributed by atoms with van der Waals surface area (Å²) < 4.78 is 0. The van der Waals surface area contributed by atoms with Crippen LogP contribution in [0.25, 0.3) is 0 Å². The smallest absolute Gasteiger partial charge is 0.0128 e. The summed E-state index contributed by atoms with van der Waals surface area (Å²) in [6.45, 7) is 6.68. The van der Waals surface area contributed by atoms with E-state index < -0.39 is 0 Å². The lowest BCUT2D eigenvalue weighted by Crippen LogP contribution is -2.41. The summed E-state index contributed by atoms with van der Waals surface area (Å²) in [5.41, 5.74) is 3.87. The molecule has 0 heterocycles. The van der Waals surface area contributed by atoms with Crippen LogP contribution in [-0.2, 0) is 6.42 Å². The summed E-state index contributed by atoms with van der Waals surface area (Å²) in [4.78, 5) is 0. The van der Waals surface area contributed by atoms with Crippen LogP contribution in [0.15, 0.2) is 36.9 Å². The standard InChI is InChI=1S/C20H26/c1-3-15-9-11-19-18-10-8-14-6-4-5-7-16(14)17(18)12-13-20(15,19)2/h3-7,15,17-19H,1,8-13H2,2H3. The van der Waals surface area contributed by atoms with Gasteiger partial charge in [-0.25, -0.2) is 0 Å². The van der Waals surface area contributed by atoms with Crippen LogP contribution in [0.3, 0.4) is 0 Å². The summed E-state index contributed by atoms with van der Waals surface area (Å²) >= 11 is 0. The first kappa shape index (κ1) is 12.7. The molecule has 2 saturated carbocycles. The van der Waals surface area contributed by atoms with Crippen LogP contribution < -0.4 is 0 Å². The van der Waals surface area contributed by atoms with Crippen LogP contribution in [0, 0.1) is 23.2 Å². The molecule has 0 amide bonds. The first-order chi connectivity index (χ1) is 9.74. The summed E-state index contributed by atoms with van der Waals surface area (Å²) in [5, 5.41) is 0. The first-order valence-corrected chi connectivity index (χ1v) is 8.44. The molecule has 1 aromatic carbocycles. The van der Waals surface area contributed by atoms with Gasteiger partial charge in [0, 0.05) is 0 Å². The number of aryl methyl sites for hydroxylation is 1. The number of hydrogen-bond acceptors (Lipinski definition) is 0. The molecule has 5 atom stereocenters. The van der Waals surface area contributed by atoms with Crippen molar-refractivity contribution in [3.05, 3.63) is 48.0 Å². The third kappa shape index (κ3) is 1.60. The summed E-state index contributed by atoms with van der Waals surface area (Å²) in [6.07, 6.45) is 10.6. The van der Waals surface area contributed by atoms with E-state index in [1.807, 2.05) is 0 Å². The van der Waals surface area contributed by atoms with E-state index in [-0.39, 0.29) is 0 Å². The van der Waals surface area contributed by atoms with E-state index in [4.69, 9.17) is 0 Å². The lowest BCUT2D eigenvalue weighted by Gasteiger charge is -2.50. The van der Waals surface area contributed by atoms with E-state index in [9.17, 15) is 0 Å². The number of benzene rings is 1. The number of fused-ring (bicyclic) bond motifs is 5. The number of allylic oxidation sites excluding steroid dienone is 1. The highest BCUT2D eigenvalue weighted by atomic mass is 14.6. The summed E-state index contributed by atoms with van der Waals surface area (Å²) in [5.74, 6) is 3.50. The zero-order valence-corrected chi connectivity index (χ0v) is 12.6. The Bertz CT molecular complexity index is 529. The normalized spacial score (nSPS) is 42.5. The van der Waals surface area contributed by atoms with Crippen LogP contribution >= 0.6 is 0 Å². The fourth-order valence-corrected chi connectivity index (χ4v) is 5.95. The minimum Gasteiger partial charge on any atom is -0.103 e. The van der Waals surface area contributed by atoms with Gasteiger partial charge in [0.25, 0.3) is 0 Å². The average molecular weight is 266 g/mol. The second-order valence-electron chi connectivity index (χ2n) is 7.58. The van der Waals surface area contributed by atoms with Gasteiger partial charge in [0.05, 0.1) is 0 Å². The Morgan fingerprint density at radius 1 is 1.15 bits per heavy atom. The quantitative estimate of drug-likeness (QED) is 0.601. The van der Waals surface area contributed by atoms with Gasteiger partial charge in [-0.2, -0.15) is 0 Å². The highest BCUT2D eigenvalue weighted by molar-refractivity contribution is 5.35. The highest BCUT2D eigenvalue weighted by Gasteiger charge is 2.53. The lowest BCUT2D eigenvalue weighted by atomic mass is 9.54. The first-order valence-electron chi connectivity index (χ1n) is 8.44. The summed E-state index contributed by atoms with van der Waals surface area (Å²) in [6, 6.07) is 9.24. The van der Waals surface area contributed by atoms with Gasteiger partial charge in [0.1, 0.15) is 0 Å². The van der Waals surface area contributed by atoms with Gasteiger partial charge in [-0.05, 0) is 78.7 Å². The zero-order valence-electron chi connectivity index (χ0n) is 12.6. The number of rotatable bonds is 1. The molecule has 0 aromatic heterocycles. The van der Waals surface area contributed by atoms with Crippen molar-refractivity contribution in [1.82, 2.24) is 0 Å². The minimum absolute atomic E-state index is 0.551. The van der Waals surface area contributed by atoms with Gasteiger partial charge in [0.15, 0.2) is 0 Å².